The highest BCUT2D eigenvalue weighted by atomic mass is 16.5. The van der Waals surface area contributed by atoms with Gasteiger partial charge in [0.05, 0.1) is 31.4 Å². The van der Waals surface area contributed by atoms with E-state index in [1.54, 1.807) is 6.07 Å². The van der Waals surface area contributed by atoms with Crippen molar-refractivity contribution in [3.63, 3.8) is 0 Å². The molecule has 1 aromatic heterocycles. The Labute approximate surface area is 123 Å². The zero-order chi connectivity index (χ0) is 15.3. The molecular formula is C16H19NO4. The lowest BCUT2D eigenvalue weighted by Gasteiger charge is -2.29. The summed E-state index contributed by atoms with van der Waals surface area (Å²) in [7, 11) is 1.32. The first-order valence-electron chi connectivity index (χ1n) is 6.66. The molecule has 0 aliphatic heterocycles. The zero-order valence-electron chi connectivity index (χ0n) is 12.1. The van der Waals surface area contributed by atoms with Gasteiger partial charge in [-0.2, -0.15) is 0 Å². The van der Waals surface area contributed by atoms with Gasteiger partial charge in [-0.15, -0.1) is 0 Å². The molecule has 1 heterocycles. The highest BCUT2D eigenvalue weighted by Gasteiger charge is 2.25. The monoisotopic (exact) mass is 289 g/mol. The molecule has 1 unspecified atom stereocenters. The van der Waals surface area contributed by atoms with Crippen molar-refractivity contribution in [2.24, 2.45) is 0 Å². The number of hydrogen-bond donors (Lipinski definition) is 2. The first-order chi connectivity index (χ1) is 10.1. The van der Waals surface area contributed by atoms with Crippen LogP contribution < -0.4 is 5.32 Å². The maximum atomic E-state index is 11.4. The van der Waals surface area contributed by atoms with E-state index < -0.39 is 11.5 Å². The van der Waals surface area contributed by atoms with Crippen LogP contribution in [-0.2, 0) is 16.8 Å². The number of carbonyl (C=O) groups is 1. The number of methoxy groups -OCH3 is 1. The second-order valence-electron chi connectivity index (χ2n) is 5.00. The van der Waals surface area contributed by atoms with Crippen LogP contribution in [-0.4, -0.2) is 24.8 Å². The van der Waals surface area contributed by atoms with Gasteiger partial charge in [0.15, 0.2) is 0 Å². The minimum absolute atomic E-state index is 0.0540. The molecule has 0 spiro atoms. The number of benzene rings is 1. The number of rotatable bonds is 6. The molecule has 0 bridgehead atoms. The second-order valence-corrected chi connectivity index (χ2v) is 5.00. The summed E-state index contributed by atoms with van der Waals surface area (Å²) >= 11 is 0. The molecule has 0 fully saturated rings. The molecule has 112 valence electrons. The SMILES string of the molecule is COC(=O)c1coc(CNC(C)(CO)c2ccccc2)c1. The van der Waals surface area contributed by atoms with E-state index in [4.69, 9.17) is 4.42 Å². The third-order valence-electron chi connectivity index (χ3n) is 3.45. The summed E-state index contributed by atoms with van der Waals surface area (Å²) in [6.07, 6.45) is 1.36. The Morgan fingerprint density at radius 3 is 2.71 bits per heavy atom. The van der Waals surface area contributed by atoms with E-state index in [1.807, 2.05) is 37.3 Å². The lowest BCUT2D eigenvalue weighted by atomic mass is 9.93. The topological polar surface area (TPSA) is 71.7 Å². The van der Waals surface area contributed by atoms with Crippen LogP contribution in [0, 0.1) is 0 Å². The van der Waals surface area contributed by atoms with E-state index in [-0.39, 0.29) is 6.61 Å². The summed E-state index contributed by atoms with van der Waals surface area (Å²) < 4.78 is 9.94. The van der Waals surface area contributed by atoms with Crippen LogP contribution in [0.1, 0.15) is 28.6 Å². The molecule has 0 aliphatic carbocycles. The number of furan rings is 1. The van der Waals surface area contributed by atoms with Crippen LogP contribution in [0.25, 0.3) is 0 Å². The van der Waals surface area contributed by atoms with Gasteiger partial charge in [-0.05, 0) is 18.6 Å². The maximum Gasteiger partial charge on any atom is 0.341 e. The Hall–Kier alpha value is -2.11. The lowest BCUT2D eigenvalue weighted by molar-refractivity contribution is 0.0600. The van der Waals surface area contributed by atoms with Crippen LogP contribution >= 0.6 is 0 Å². The molecular weight excluding hydrogens is 270 g/mol. The molecule has 0 radical (unpaired) electrons. The average Bonchev–Trinajstić information content (AvgIpc) is 3.01. The predicted molar refractivity (Wildman–Crippen MR) is 77.8 cm³/mol. The normalized spacial score (nSPS) is 13.7. The fourth-order valence-corrected chi connectivity index (χ4v) is 2.04. The molecule has 2 aromatic rings. The van der Waals surface area contributed by atoms with Gasteiger partial charge < -0.3 is 14.3 Å². The second kappa shape index (κ2) is 6.56. The van der Waals surface area contributed by atoms with Crippen LogP contribution in [0.2, 0.25) is 0 Å². The van der Waals surface area contributed by atoms with Crippen molar-refractivity contribution in [2.75, 3.05) is 13.7 Å². The van der Waals surface area contributed by atoms with Gasteiger partial charge in [-0.1, -0.05) is 30.3 Å². The Bertz CT molecular complexity index is 593. The predicted octanol–water partition coefficient (Wildman–Crippen LogP) is 2.06. The summed E-state index contributed by atoms with van der Waals surface area (Å²) in [4.78, 5) is 11.4. The fraction of sp³-hybridized carbons (Fsp3) is 0.312. The molecule has 1 atom stereocenters. The van der Waals surface area contributed by atoms with Crippen LogP contribution in [0.3, 0.4) is 0 Å². The number of carbonyl (C=O) groups excluding carboxylic acids is 1. The third kappa shape index (κ3) is 3.51. The molecule has 1 aromatic carbocycles. The molecule has 0 saturated carbocycles. The van der Waals surface area contributed by atoms with Gasteiger partial charge in [0.2, 0.25) is 0 Å². The Kier molecular flexibility index (Phi) is 4.77. The number of aliphatic hydroxyl groups excluding tert-OH is 1. The van der Waals surface area contributed by atoms with E-state index >= 15 is 0 Å². The van der Waals surface area contributed by atoms with Crippen molar-refractivity contribution in [2.45, 2.75) is 19.0 Å². The van der Waals surface area contributed by atoms with Crippen LogP contribution in [0.15, 0.2) is 47.1 Å². The minimum atomic E-state index is -0.584. The Morgan fingerprint density at radius 2 is 2.10 bits per heavy atom. The standard InChI is InChI=1S/C16H19NO4/c1-16(11-18,13-6-4-3-5-7-13)17-9-14-8-12(10-21-14)15(19)20-2/h3-8,10,17-18H,9,11H2,1-2H3. The molecule has 0 amide bonds. The lowest BCUT2D eigenvalue weighted by Crippen LogP contribution is -2.42. The highest BCUT2D eigenvalue weighted by Crippen LogP contribution is 2.21. The van der Waals surface area contributed by atoms with Crippen molar-refractivity contribution in [1.29, 1.82) is 0 Å². The molecule has 5 heteroatoms. The summed E-state index contributed by atoms with van der Waals surface area (Å²) in [5, 5.41) is 12.9. The van der Waals surface area contributed by atoms with Gasteiger partial charge in [-0.3, -0.25) is 5.32 Å². The van der Waals surface area contributed by atoms with E-state index in [0.717, 1.165) is 5.56 Å². The van der Waals surface area contributed by atoms with Gasteiger partial charge in [0, 0.05) is 0 Å². The third-order valence-corrected chi connectivity index (χ3v) is 3.45. The van der Waals surface area contributed by atoms with Gasteiger partial charge >= 0.3 is 5.97 Å². The van der Waals surface area contributed by atoms with Crippen LogP contribution in [0.4, 0.5) is 0 Å². The summed E-state index contributed by atoms with van der Waals surface area (Å²) in [5.41, 5.74) is 0.770. The quantitative estimate of drug-likeness (QED) is 0.796. The van der Waals surface area contributed by atoms with E-state index in [0.29, 0.717) is 17.9 Å². The van der Waals surface area contributed by atoms with Gasteiger partial charge in [0.25, 0.3) is 0 Å². The van der Waals surface area contributed by atoms with Crippen molar-refractivity contribution in [3.05, 3.63) is 59.5 Å². The summed E-state index contributed by atoms with van der Waals surface area (Å²) in [6.45, 7) is 2.25. The average molecular weight is 289 g/mol. The van der Waals surface area contributed by atoms with Crippen molar-refractivity contribution in [1.82, 2.24) is 5.32 Å². The summed E-state index contributed by atoms with van der Waals surface area (Å²) in [6, 6.07) is 11.3. The molecule has 2 rings (SSSR count). The number of esters is 1. The van der Waals surface area contributed by atoms with Crippen molar-refractivity contribution >= 4 is 5.97 Å². The smallest absolute Gasteiger partial charge is 0.341 e. The number of aliphatic hydroxyl groups is 1. The first kappa shape index (κ1) is 15.3. The van der Waals surface area contributed by atoms with E-state index in [9.17, 15) is 9.90 Å². The fourth-order valence-electron chi connectivity index (χ4n) is 2.04. The molecule has 0 saturated heterocycles. The minimum Gasteiger partial charge on any atom is -0.467 e. The Balaban J connectivity index is 2.07. The maximum absolute atomic E-state index is 11.4. The molecule has 0 aliphatic rings. The number of hydrogen-bond acceptors (Lipinski definition) is 5. The van der Waals surface area contributed by atoms with E-state index in [1.165, 1.54) is 13.4 Å². The van der Waals surface area contributed by atoms with E-state index in [2.05, 4.69) is 10.1 Å². The Morgan fingerprint density at radius 1 is 1.38 bits per heavy atom. The zero-order valence-corrected chi connectivity index (χ0v) is 12.1. The first-order valence-corrected chi connectivity index (χ1v) is 6.66. The summed E-state index contributed by atoms with van der Waals surface area (Å²) in [5.74, 6) is 0.170. The molecule has 5 nitrogen and oxygen atoms in total. The largest absolute Gasteiger partial charge is 0.467 e. The van der Waals surface area contributed by atoms with Gasteiger partial charge in [0.1, 0.15) is 12.0 Å². The molecule has 2 N–H and O–H groups in total. The number of ether oxygens (including phenoxy) is 1. The highest BCUT2D eigenvalue weighted by molar-refractivity contribution is 5.88. The molecule has 21 heavy (non-hydrogen) atoms. The van der Waals surface area contributed by atoms with Crippen molar-refractivity contribution in [3.8, 4) is 0 Å². The van der Waals surface area contributed by atoms with Gasteiger partial charge in [-0.25, -0.2) is 4.79 Å². The van der Waals surface area contributed by atoms with Crippen LogP contribution in [0.5, 0.6) is 0 Å². The van der Waals surface area contributed by atoms with Crippen molar-refractivity contribution < 1.29 is 19.1 Å². The number of nitrogens with one attached hydrogen (secondary N) is 1.